The van der Waals surface area contributed by atoms with Gasteiger partial charge in [0.2, 0.25) is 5.28 Å². The third-order valence-electron chi connectivity index (χ3n) is 2.26. The average molecular weight is 317 g/mol. The third-order valence-corrected chi connectivity index (χ3v) is 2.95. The van der Waals surface area contributed by atoms with Crippen LogP contribution >= 0.6 is 34.8 Å². The standard InChI is InChI=1S/C12H8Cl3N3O/c1-6-2-7(13)4-8(3-6)17-11(19)9-5-16-12(15)18-10(9)14/h2-5H,1H3,(H,17,19). The van der Waals surface area contributed by atoms with Crippen molar-refractivity contribution in [3.8, 4) is 0 Å². The van der Waals surface area contributed by atoms with Gasteiger partial charge in [0.15, 0.2) is 0 Å². The van der Waals surface area contributed by atoms with Crippen molar-refractivity contribution in [2.45, 2.75) is 6.92 Å². The molecule has 1 aromatic carbocycles. The summed E-state index contributed by atoms with van der Waals surface area (Å²) in [6.45, 7) is 1.87. The molecule has 2 rings (SSSR count). The molecule has 4 nitrogen and oxygen atoms in total. The van der Waals surface area contributed by atoms with Crippen LogP contribution in [-0.4, -0.2) is 15.9 Å². The van der Waals surface area contributed by atoms with Gasteiger partial charge >= 0.3 is 0 Å². The molecule has 1 aromatic heterocycles. The van der Waals surface area contributed by atoms with Gasteiger partial charge in [-0.05, 0) is 42.3 Å². The van der Waals surface area contributed by atoms with Crippen molar-refractivity contribution >= 4 is 46.4 Å². The summed E-state index contributed by atoms with van der Waals surface area (Å²) in [7, 11) is 0. The number of rotatable bonds is 2. The zero-order valence-electron chi connectivity index (χ0n) is 9.75. The smallest absolute Gasteiger partial charge is 0.260 e. The summed E-state index contributed by atoms with van der Waals surface area (Å²) < 4.78 is 0. The number of amides is 1. The molecule has 1 amide bonds. The maximum atomic E-state index is 12.0. The van der Waals surface area contributed by atoms with E-state index < -0.39 is 5.91 Å². The molecule has 0 aliphatic heterocycles. The number of carbonyl (C=O) groups is 1. The molecule has 19 heavy (non-hydrogen) atoms. The highest BCUT2D eigenvalue weighted by Gasteiger charge is 2.13. The Balaban J connectivity index is 2.25. The van der Waals surface area contributed by atoms with E-state index in [0.717, 1.165) is 5.56 Å². The number of nitrogens with one attached hydrogen (secondary N) is 1. The summed E-state index contributed by atoms with van der Waals surface area (Å²) in [6.07, 6.45) is 1.27. The molecule has 2 aromatic rings. The summed E-state index contributed by atoms with van der Waals surface area (Å²) >= 11 is 17.3. The maximum Gasteiger partial charge on any atom is 0.260 e. The first kappa shape index (κ1) is 14.1. The van der Waals surface area contributed by atoms with Crippen molar-refractivity contribution in [2.24, 2.45) is 0 Å². The summed E-state index contributed by atoms with van der Waals surface area (Å²) in [5, 5.41) is 3.19. The monoisotopic (exact) mass is 315 g/mol. The summed E-state index contributed by atoms with van der Waals surface area (Å²) in [6, 6.07) is 5.21. The van der Waals surface area contributed by atoms with Gasteiger partial charge in [0.25, 0.3) is 5.91 Å². The number of benzene rings is 1. The van der Waals surface area contributed by atoms with Crippen LogP contribution in [0.25, 0.3) is 0 Å². The van der Waals surface area contributed by atoms with Crippen LogP contribution in [0.3, 0.4) is 0 Å². The Bertz CT molecular complexity index is 626. The Kier molecular flexibility index (Phi) is 4.24. The fraction of sp³-hybridized carbons (Fsp3) is 0.0833. The number of nitrogens with zero attached hydrogens (tertiary/aromatic N) is 2. The normalized spacial score (nSPS) is 10.3. The maximum absolute atomic E-state index is 12.0. The summed E-state index contributed by atoms with van der Waals surface area (Å²) in [4.78, 5) is 19.4. The predicted molar refractivity (Wildman–Crippen MR) is 76.2 cm³/mol. The SMILES string of the molecule is Cc1cc(Cl)cc(NC(=O)c2cnc(Cl)nc2Cl)c1. The molecular formula is C12H8Cl3N3O. The Hall–Kier alpha value is -1.36. The molecule has 0 radical (unpaired) electrons. The van der Waals surface area contributed by atoms with E-state index in [1.807, 2.05) is 6.92 Å². The molecule has 1 N–H and O–H groups in total. The number of carbonyl (C=O) groups excluding carboxylic acids is 1. The fourth-order valence-electron chi connectivity index (χ4n) is 1.50. The highest BCUT2D eigenvalue weighted by atomic mass is 35.5. The van der Waals surface area contributed by atoms with Crippen molar-refractivity contribution in [3.63, 3.8) is 0 Å². The van der Waals surface area contributed by atoms with E-state index in [-0.39, 0.29) is 16.0 Å². The van der Waals surface area contributed by atoms with Gasteiger partial charge in [0.1, 0.15) is 5.15 Å². The predicted octanol–water partition coefficient (Wildman–Crippen LogP) is 4.00. The second kappa shape index (κ2) is 5.74. The summed E-state index contributed by atoms with van der Waals surface area (Å²) in [5.41, 5.74) is 1.64. The highest BCUT2D eigenvalue weighted by Crippen LogP contribution is 2.20. The van der Waals surface area contributed by atoms with E-state index in [2.05, 4.69) is 15.3 Å². The second-order valence-electron chi connectivity index (χ2n) is 3.81. The lowest BCUT2D eigenvalue weighted by Gasteiger charge is -2.07. The van der Waals surface area contributed by atoms with Gasteiger partial charge in [-0.25, -0.2) is 9.97 Å². The topological polar surface area (TPSA) is 54.9 Å². The minimum Gasteiger partial charge on any atom is -0.322 e. The third kappa shape index (κ3) is 3.56. The van der Waals surface area contributed by atoms with Crippen molar-refractivity contribution in [1.29, 1.82) is 0 Å². The quantitative estimate of drug-likeness (QED) is 0.673. The molecule has 0 aliphatic carbocycles. The first-order valence-corrected chi connectivity index (χ1v) is 6.35. The highest BCUT2D eigenvalue weighted by molar-refractivity contribution is 6.34. The lowest BCUT2D eigenvalue weighted by molar-refractivity contribution is 0.102. The van der Waals surface area contributed by atoms with Crippen LogP contribution in [0.15, 0.2) is 24.4 Å². The van der Waals surface area contributed by atoms with Gasteiger partial charge < -0.3 is 5.32 Å². The molecule has 0 saturated carbocycles. The Labute approximate surface area is 124 Å². The minimum atomic E-state index is -0.427. The van der Waals surface area contributed by atoms with Crippen LogP contribution in [0.5, 0.6) is 0 Å². The number of anilines is 1. The van der Waals surface area contributed by atoms with Crippen molar-refractivity contribution < 1.29 is 4.79 Å². The van der Waals surface area contributed by atoms with Crippen LogP contribution in [-0.2, 0) is 0 Å². The molecule has 0 aliphatic rings. The first-order valence-electron chi connectivity index (χ1n) is 5.22. The Morgan fingerprint density at radius 2 is 1.95 bits per heavy atom. The van der Waals surface area contributed by atoms with Crippen LogP contribution in [0.1, 0.15) is 15.9 Å². The molecule has 0 fully saturated rings. The second-order valence-corrected chi connectivity index (χ2v) is 4.95. The largest absolute Gasteiger partial charge is 0.322 e. The van der Waals surface area contributed by atoms with Crippen LogP contribution in [0.4, 0.5) is 5.69 Å². The van der Waals surface area contributed by atoms with E-state index in [9.17, 15) is 4.79 Å². The molecule has 0 atom stereocenters. The minimum absolute atomic E-state index is 0.00347. The van der Waals surface area contributed by atoms with E-state index >= 15 is 0 Å². The number of hydrogen-bond donors (Lipinski definition) is 1. The van der Waals surface area contributed by atoms with Crippen molar-refractivity contribution in [2.75, 3.05) is 5.32 Å². The molecule has 98 valence electrons. The lowest BCUT2D eigenvalue weighted by Crippen LogP contribution is -2.13. The van der Waals surface area contributed by atoms with Gasteiger partial charge in [-0.15, -0.1) is 0 Å². The van der Waals surface area contributed by atoms with Crippen LogP contribution in [0.2, 0.25) is 15.5 Å². The molecule has 0 bridgehead atoms. The fourth-order valence-corrected chi connectivity index (χ4v) is 2.18. The van der Waals surface area contributed by atoms with E-state index in [4.69, 9.17) is 34.8 Å². The molecule has 7 heteroatoms. The number of aryl methyl sites for hydroxylation is 1. The number of aromatic nitrogens is 2. The number of halogens is 3. The summed E-state index contributed by atoms with van der Waals surface area (Å²) in [5.74, 6) is -0.427. The van der Waals surface area contributed by atoms with Crippen LogP contribution in [0, 0.1) is 6.92 Å². The zero-order chi connectivity index (χ0) is 14.0. The van der Waals surface area contributed by atoms with Gasteiger partial charge in [-0.1, -0.05) is 23.2 Å². The average Bonchev–Trinajstić information content (AvgIpc) is 2.26. The van der Waals surface area contributed by atoms with Crippen molar-refractivity contribution in [3.05, 3.63) is 51.0 Å². The molecule has 0 saturated heterocycles. The Morgan fingerprint density at radius 1 is 1.21 bits per heavy atom. The van der Waals surface area contributed by atoms with Gasteiger partial charge in [-0.3, -0.25) is 4.79 Å². The van der Waals surface area contributed by atoms with E-state index in [1.165, 1.54) is 6.20 Å². The van der Waals surface area contributed by atoms with E-state index in [1.54, 1.807) is 18.2 Å². The first-order chi connectivity index (χ1) is 8.95. The van der Waals surface area contributed by atoms with Crippen molar-refractivity contribution in [1.82, 2.24) is 9.97 Å². The molecule has 1 heterocycles. The zero-order valence-corrected chi connectivity index (χ0v) is 12.0. The Morgan fingerprint density at radius 3 is 2.58 bits per heavy atom. The van der Waals surface area contributed by atoms with Gasteiger partial charge in [0.05, 0.1) is 5.56 Å². The molecular weight excluding hydrogens is 309 g/mol. The number of hydrogen-bond acceptors (Lipinski definition) is 3. The van der Waals surface area contributed by atoms with Gasteiger partial charge in [-0.2, -0.15) is 0 Å². The van der Waals surface area contributed by atoms with Crippen LogP contribution < -0.4 is 5.32 Å². The van der Waals surface area contributed by atoms with E-state index in [0.29, 0.717) is 10.7 Å². The molecule has 0 spiro atoms. The molecule has 0 unspecified atom stereocenters. The van der Waals surface area contributed by atoms with Gasteiger partial charge in [0, 0.05) is 16.9 Å². The lowest BCUT2D eigenvalue weighted by atomic mass is 10.2.